The quantitative estimate of drug-likeness (QED) is 0.945. The Hall–Kier alpha value is -1.81. The Morgan fingerprint density at radius 2 is 2.10 bits per heavy atom. The maximum absolute atomic E-state index is 12.2. The number of nitrogens with zero attached hydrogens (tertiary/aromatic N) is 1. The highest BCUT2D eigenvalue weighted by Gasteiger charge is 2.23. The highest BCUT2D eigenvalue weighted by atomic mass is 35.5. The van der Waals surface area contributed by atoms with Gasteiger partial charge in [0.15, 0.2) is 5.69 Å². The van der Waals surface area contributed by atoms with Crippen molar-refractivity contribution >= 4 is 17.5 Å². The molecule has 104 valence electrons. The molecule has 1 aromatic heterocycles. The van der Waals surface area contributed by atoms with Gasteiger partial charge in [-0.05, 0) is 30.9 Å². The number of aromatic nitrogens is 1. The van der Waals surface area contributed by atoms with Crippen LogP contribution in [0.4, 0.5) is 0 Å². The van der Waals surface area contributed by atoms with Crippen LogP contribution in [0.2, 0.25) is 5.02 Å². The molecule has 1 aromatic carbocycles. The van der Waals surface area contributed by atoms with Gasteiger partial charge in [-0.3, -0.25) is 4.79 Å². The van der Waals surface area contributed by atoms with Crippen LogP contribution in [0.5, 0.6) is 0 Å². The molecule has 0 radical (unpaired) electrons. The Morgan fingerprint density at radius 3 is 2.95 bits per heavy atom. The van der Waals surface area contributed by atoms with Crippen molar-refractivity contribution in [3.8, 4) is 0 Å². The zero-order chi connectivity index (χ0) is 13.9. The molecule has 0 aliphatic heterocycles. The van der Waals surface area contributed by atoms with Gasteiger partial charge in [0.2, 0.25) is 0 Å². The standard InChI is InChI=1S/C15H15ClN2O2/c16-12-7-3-1-5-10(12)9-17-15(19)14-11-6-2-4-8-13(11)20-18-14/h1,3,5,7H,2,4,6,8-9H2,(H,17,19). The Labute approximate surface area is 122 Å². The first-order valence-electron chi connectivity index (χ1n) is 6.74. The topological polar surface area (TPSA) is 55.1 Å². The minimum atomic E-state index is -0.197. The van der Waals surface area contributed by atoms with E-state index in [0.29, 0.717) is 17.3 Å². The van der Waals surface area contributed by atoms with E-state index in [1.54, 1.807) is 6.07 Å². The van der Waals surface area contributed by atoms with Crippen LogP contribution in [0.15, 0.2) is 28.8 Å². The van der Waals surface area contributed by atoms with E-state index in [9.17, 15) is 4.79 Å². The summed E-state index contributed by atoms with van der Waals surface area (Å²) in [5.74, 6) is 0.663. The molecule has 0 fully saturated rings. The van der Waals surface area contributed by atoms with Gasteiger partial charge >= 0.3 is 0 Å². The molecule has 2 aromatic rings. The monoisotopic (exact) mass is 290 g/mol. The number of aryl methyl sites for hydroxylation is 1. The second-order valence-electron chi connectivity index (χ2n) is 4.91. The number of carbonyl (C=O) groups excluding carboxylic acids is 1. The molecule has 0 saturated heterocycles. The lowest BCUT2D eigenvalue weighted by Gasteiger charge is -2.09. The van der Waals surface area contributed by atoms with Crippen LogP contribution in [0.3, 0.4) is 0 Å². The molecule has 4 nitrogen and oxygen atoms in total. The van der Waals surface area contributed by atoms with Crippen LogP contribution >= 0.6 is 11.6 Å². The number of fused-ring (bicyclic) bond motifs is 1. The molecule has 1 heterocycles. The third kappa shape index (κ3) is 2.56. The fraction of sp³-hybridized carbons (Fsp3) is 0.333. The Morgan fingerprint density at radius 1 is 1.30 bits per heavy atom. The molecule has 1 N–H and O–H groups in total. The van der Waals surface area contributed by atoms with E-state index in [2.05, 4.69) is 10.5 Å². The fourth-order valence-corrected chi connectivity index (χ4v) is 2.67. The molecular formula is C15H15ClN2O2. The lowest BCUT2D eigenvalue weighted by Crippen LogP contribution is -2.24. The van der Waals surface area contributed by atoms with E-state index in [1.165, 1.54) is 0 Å². The summed E-state index contributed by atoms with van der Waals surface area (Å²) in [6.45, 7) is 0.389. The second kappa shape index (κ2) is 5.67. The third-order valence-electron chi connectivity index (χ3n) is 3.56. The minimum Gasteiger partial charge on any atom is -0.360 e. The van der Waals surface area contributed by atoms with Crippen LogP contribution < -0.4 is 5.32 Å². The number of nitrogens with one attached hydrogen (secondary N) is 1. The first-order valence-corrected chi connectivity index (χ1v) is 7.12. The van der Waals surface area contributed by atoms with Crippen molar-refractivity contribution in [2.24, 2.45) is 0 Å². The van der Waals surface area contributed by atoms with Gasteiger partial charge in [-0.25, -0.2) is 0 Å². The zero-order valence-electron chi connectivity index (χ0n) is 11.0. The van der Waals surface area contributed by atoms with Crippen molar-refractivity contribution in [3.05, 3.63) is 51.9 Å². The summed E-state index contributed by atoms with van der Waals surface area (Å²) in [4.78, 5) is 12.2. The normalized spacial score (nSPS) is 13.8. The average molecular weight is 291 g/mol. The average Bonchev–Trinajstić information content (AvgIpc) is 2.90. The van der Waals surface area contributed by atoms with Gasteiger partial charge in [0, 0.05) is 23.6 Å². The number of hydrogen-bond donors (Lipinski definition) is 1. The molecule has 1 aliphatic rings. The summed E-state index contributed by atoms with van der Waals surface area (Å²) in [7, 11) is 0. The molecule has 0 atom stereocenters. The summed E-state index contributed by atoms with van der Waals surface area (Å²) >= 11 is 6.06. The SMILES string of the molecule is O=C(NCc1ccccc1Cl)c1noc2c1CCCC2. The Kier molecular flexibility index (Phi) is 3.74. The molecule has 1 amide bonds. The van der Waals surface area contributed by atoms with E-state index in [4.69, 9.17) is 16.1 Å². The second-order valence-corrected chi connectivity index (χ2v) is 5.32. The lowest BCUT2D eigenvalue weighted by molar-refractivity contribution is 0.0941. The molecular weight excluding hydrogens is 276 g/mol. The Balaban J connectivity index is 1.71. The van der Waals surface area contributed by atoms with Gasteiger partial charge in [-0.15, -0.1) is 0 Å². The molecule has 3 rings (SSSR count). The largest absolute Gasteiger partial charge is 0.360 e. The summed E-state index contributed by atoms with van der Waals surface area (Å²) < 4.78 is 5.25. The van der Waals surface area contributed by atoms with Crippen molar-refractivity contribution in [2.75, 3.05) is 0 Å². The van der Waals surface area contributed by atoms with Gasteiger partial charge < -0.3 is 9.84 Å². The van der Waals surface area contributed by atoms with E-state index < -0.39 is 0 Å². The first-order chi connectivity index (χ1) is 9.75. The maximum Gasteiger partial charge on any atom is 0.274 e. The van der Waals surface area contributed by atoms with Crippen LogP contribution in [0.1, 0.15) is 40.2 Å². The smallest absolute Gasteiger partial charge is 0.274 e. The van der Waals surface area contributed by atoms with Crippen molar-refractivity contribution in [3.63, 3.8) is 0 Å². The molecule has 0 unspecified atom stereocenters. The molecule has 20 heavy (non-hydrogen) atoms. The van der Waals surface area contributed by atoms with Gasteiger partial charge in [0.25, 0.3) is 5.91 Å². The predicted molar refractivity (Wildman–Crippen MR) is 75.8 cm³/mol. The van der Waals surface area contributed by atoms with Gasteiger partial charge in [-0.1, -0.05) is 35.0 Å². The summed E-state index contributed by atoms with van der Waals surface area (Å²) in [6.07, 6.45) is 3.93. The van der Waals surface area contributed by atoms with Crippen LogP contribution in [0.25, 0.3) is 0 Å². The fourth-order valence-electron chi connectivity index (χ4n) is 2.46. The highest BCUT2D eigenvalue weighted by molar-refractivity contribution is 6.31. The van der Waals surface area contributed by atoms with Crippen molar-refractivity contribution < 1.29 is 9.32 Å². The van der Waals surface area contributed by atoms with E-state index in [-0.39, 0.29) is 5.91 Å². The highest BCUT2D eigenvalue weighted by Crippen LogP contribution is 2.24. The lowest BCUT2D eigenvalue weighted by atomic mass is 9.96. The minimum absolute atomic E-state index is 0.197. The number of halogens is 1. The summed E-state index contributed by atoms with van der Waals surface area (Å²) in [5.41, 5.74) is 2.28. The van der Waals surface area contributed by atoms with E-state index in [0.717, 1.165) is 42.6 Å². The Bertz CT molecular complexity index is 637. The van der Waals surface area contributed by atoms with Crippen LogP contribution in [-0.2, 0) is 19.4 Å². The van der Waals surface area contributed by atoms with E-state index >= 15 is 0 Å². The number of carbonyl (C=O) groups is 1. The number of benzene rings is 1. The van der Waals surface area contributed by atoms with Crippen molar-refractivity contribution in [2.45, 2.75) is 32.2 Å². The predicted octanol–water partition coefficient (Wildman–Crippen LogP) is 3.14. The number of rotatable bonds is 3. The third-order valence-corrected chi connectivity index (χ3v) is 3.93. The van der Waals surface area contributed by atoms with Crippen LogP contribution in [-0.4, -0.2) is 11.1 Å². The summed E-state index contributed by atoms with van der Waals surface area (Å²) in [5, 5.41) is 7.41. The van der Waals surface area contributed by atoms with Gasteiger partial charge in [-0.2, -0.15) is 0 Å². The molecule has 0 bridgehead atoms. The first kappa shape index (κ1) is 13.2. The number of amides is 1. The van der Waals surface area contributed by atoms with Crippen molar-refractivity contribution in [1.29, 1.82) is 0 Å². The molecule has 0 spiro atoms. The zero-order valence-corrected chi connectivity index (χ0v) is 11.7. The molecule has 5 heteroatoms. The number of hydrogen-bond acceptors (Lipinski definition) is 3. The van der Waals surface area contributed by atoms with Gasteiger partial charge in [0.1, 0.15) is 5.76 Å². The molecule has 1 aliphatic carbocycles. The molecule has 0 saturated carbocycles. The van der Waals surface area contributed by atoms with Crippen molar-refractivity contribution in [1.82, 2.24) is 10.5 Å². The van der Waals surface area contributed by atoms with E-state index in [1.807, 2.05) is 18.2 Å². The van der Waals surface area contributed by atoms with Crippen LogP contribution in [0, 0.1) is 0 Å². The summed E-state index contributed by atoms with van der Waals surface area (Å²) in [6, 6.07) is 7.45. The van der Waals surface area contributed by atoms with Gasteiger partial charge in [0.05, 0.1) is 0 Å². The maximum atomic E-state index is 12.2.